The highest BCUT2D eigenvalue weighted by atomic mass is 32.2. The molecule has 0 N–H and O–H groups in total. The number of halogens is 4. The lowest BCUT2D eigenvalue weighted by molar-refractivity contribution is 0.0691. The van der Waals surface area contributed by atoms with Crippen molar-refractivity contribution in [1.29, 1.82) is 0 Å². The van der Waals surface area contributed by atoms with Gasteiger partial charge in [-0.25, -0.2) is 35.5 Å². The van der Waals surface area contributed by atoms with Crippen LogP contribution in [0.5, 0.6) is 0 Å². The molecule has 166 valence electrons. The van der Waals surface area contributed by atoms with Gasteiger partial charge < -0.3 is 4.90 Å². The monoisotopic (exact) mass is 477 g/mol. The van der Waals surface area contributed by atoms with Gasteiger partial charge in [0.1, 0.15) is 15.6 Å². The van der Waals surface area contributed by atoms with Crippen LogP contribution in [0.3, 0.4) is 0 Å². The highest BCUT2D eigenvalue weighted by Crippen LogP contribution is 2.26. The number of thiophene rings is 1. The molecule has 1 amide bonds. The summed E-state index contributed by atoms with van der Waals surface area (Å²) in [6.07, 6.45) is -6.16. The molecule has 8 nitrogen and oxygen atoms in total. The third kappa shape index (κ3) is 4.02. The van der Waals surface area contributed by atoms with Crippen LogP contribution in [0.4, 0.5) is 17.6 Å². The fourth-order valence-corrected chi connectivity index (χ4v) is 5.79. The van der Waals surface area contributed by atoms with Crippen LogP contribution in [0.25, 0.3) is 5.65 Å². The molecule has 1 aliphatic rings. The molecular formula is C17H15F4N5O3S2. The second-order valence-corrected chi connectivity index (χ2v) is 9.75. The second kappa shape index (κ2) is 8.16. The Balaban J connectivity index is 1.55. The van der Waals surface area contributed by atoms with Gasteiger partial charge in [0.05, 0.1) is 0 Å². The van der Waals surface area contributed by atoms with Crippen molar-refractivity contribution in [2.75, 3.05) is 26.2 Å². The van der Waals surface area contributed by atoms with Gasteiger partial charge in [0, 0.05) is 32.2 Å². The van der Waals surface area contributed by atoms with Crippen molar-refractivity contribution >= 4 is 32.9 Å². The van der Waals surface area contributed by atoms with E-state index in [1.54, 1.807) is 11.4 Å². The van der Waals surface area contributed by atoms with Gasteiger partial charge in [-0.3, -0.25) is 4.79 Å². The van der Waals surface area contributed by atoms with Crippen LogP contribution in [0.15, 0.2) is 33.9 Å². The molecule has 0 atom stereocenters. The minimum absolute atomic E-state index is 0.0510. The van der Waals surface area contributed by atoms with E-state index in [-0.39, 0.29) is 41.7 Å². The molecule has 1 fully saturated rings. The number of nitrogens with zero attached hydrogens (tertiary/aromatic N) is 5. The summed E-state index contributed by atoms with van der Waals surface area (Å²) in [6, 6.07) is 4.74. The van der Waals surface area contributed by atoms with Crippen molar-refractivity contribution in [3.63, 3.8) is 0 Å². The number of aromatic nitrogens is 3. The van der Waals surface area contributed by atoms with E-state index in [2.05, 4.69) is 10.1 Å². The third-order valence-electron chi connectivity index (χ3n) is 4.76. The third-order valence-corrected chi connectivity index (χ3v) is 8.03. The van der Waals surface area contributed by atoms with E-state index in [1.807, 2.05) is 0 Å². The summed E-state index contributed by atoms with van der Waals surface area (Å²) in [5, 5.41) is 5.48. The number of amides is 1. The Morgan fingerprint density at radius 3 is 2.35 bits per heavy atom. The van der Waals surface area contributed by atoms with E-state index < -0.39 is 40.2 Å². The summed E-state index contributed by atoms with van der Waals surface area (Å²) in [4.78, 5) is 17.7. The zero-order chi connectivity index (χ0) is 22.3. The number of alkyl halides is 4. The summed E-state index contributed by atoms with van der Waals surface area (Å²) >= 11 is 1.09. The number of hydrogen-bond donors (Lipinski definition) is 0. The van der Waals surface area contributed by atoms with Crippen molar-refractivity contribution in [3.8, 4) is 0 Å². The maximum Gasteiger partial charge on any atom is 0.280 e. The average Bonchev–Trinajstić information content (AvgIpc) is 3.42. The van der Waals surface area contributed by atoms with Crippen LogP contribution >= 0.6 is 11.3 Å². The number of rotatable bonds is 5. The van der Waals surface area contributed by atoms with Gasteiger partial charge in [0.25, 0.3) is 28.8 Å². The summed E-state index contributed by atoms with van der Waals surface area (Å²) in [7, 11) is -3.65. The van der Waals surface area contributed by atoms with Gasteiger partial charge in [-0.05, 0) is 17.5 Å². The molecule has 1 saturated heterocycles. The molecule has 0 aliphatic carbocycles. The molecular weight excluding hydrogens is 462 g/mol. The first kappa shape index (κ1) is 21.6. The number of piperazine rings is 1. The zero-order valence-corrected chi connectivity index (χ0v) is 17.3. The Hall–Kier alpha value is -2.58. The van der Waals surface area contributed by atoms with E-state index in [1.165, 1.54) is 15.3 Å². The Bertz CT molecular complexity index is 1210. The van der Waals surface area contributed by atoms with Crippen LogP contribution < -0.4 is 0 Å². The van der Waals surface area contributed by atoms with Crippen molar-refractivity contribution in [3.05, 3.63) is 46.7 Å². The molecule has 1 aliphatic heterocycles. The highest BCUT2D eigenvalue weighted by Gasteiger charge is 2.32. The van der Waals surface area contributed by atoms with E-state index >= 15 is 0 Å². The van der Waals surface area contributed by atoms with Crippen molar-refractivity contribution in [1.82, 2.24) is 23.8 Å². The number of hydrogen-bond acceptors (Lipinski definition) is 6. The quantitative estimate of drug-likeness (QED) is 0.528. The molecule has 3 aromatic rings. The molecule has 0 unspecified atom stereocenters. The van der Waals surface area contributed by atoms with E-state index in [4.69, 9.17) is 0 Å². The number of fused-ring (bicyclic) bond motifs is 1. The molecule has 14 heteroatoms. The van der Waals surface area contributed by atoms with Crippen LogP contribution in [-0.4, -0.2) is 64.3 Å². The number of sulfonamides is 1. The minimum Gasteiger partial charge on any atom is -0.335 e. The summed E-state index contributed by atoms with van der Waals surface area (Å²) in [5.41, 5.74) is -2.17. The first-order valence-electron chi connectivity index (χ1n) is 8.98. The maximum atomic E-state index is 13.3. The lowest BCUT2D eigenvalue weighted by Gasteiger charge is -2.33. The average molecular weight is 477 g/mol. The van der Waals surface area contributed by atoms with Crippen LogP contribution in [0, 0.1) is 0 Å². The van der Waals surface area contributed by atoms with Crippen LogP contribution in [0.2, 0.25) is 0 Å². The molecule has 31 heavy (non-hydrogen) atoms. The molecule has 4 rings (SSSR count). The van der Waals surface area contributed by atoms with E-state index in [0.29, 0.717) is 10.6 Å². The Labute approximate surface area is 177 Å². The van der Waals surface area contributed by atoms with E-state index in [9.17, 15) is 30.8 Å². The predicted octanol–water partition coefficient (Wildman–Crippen LogP) is 2.81. The second-order valence-electron chi connectivity index (χ2n) is 6.64. The summed E-state index contributed by atoms with van der Waals surface area (Å²) < 4.78 is 79.8. The SMILES string of the molecule is O=C(c1cc2nc(C(F)F)cc(C(F)F)n2n1)N1CCN(S(=O)(=O)c2cccs2)CC1. The minimum atomic E-state index is -3.65. The van der Waals surface area contributed by atoms with Gasteiger partial charge in [-0.1, -0.05) is 6.07 Å². The first-order valence-corrected chi connectivity index (χ1v) is 11.3. The van der Waals surface area contributed by atoms with E-state index in [0.717, 1.165) is 17.4 Å². The molecule has 0 bridgehead atoms. The number of carbonyl (C=O) groups is 1. The highest BCUT2D eigenvalue weighted by molar-refractivity contribution is 7.91. The summed E-state index contributed by atoms with van der Waals surface area (Å²) in [6.45, 7) is 0.230. The normalized spacial score (nSPS) is 16.0. The van der Waals surface area contributed by atoms with Gasteiger partial charge in [0.2, 0.25) is 0 Å². The topological polar surface area (TPSA) is 87.9 Å². The Kier molecular flexibility index (Phi) is 5.70. The van der Waals surface area contributed by atoms with Crippen molar-refractivity contribution in [2.45, 2.75) is 17.1 Å². The number of carbonyl (C=O) groups excluding carboxylic acids is 1. The lowest BCUT2D eigenvalue weighted by Crippen LogP contribution is -2.50. The lowest BCUT2D eigenvalue weighted by atomic mass is 10.3. The van der Waals surface area contributed by atoms with Crippen LogP contribution in [-0.2, 0) is 10.0 Å². The first-order chi connectivity index (χ1) is 14.7. The van der Waals surface area contributed by atoms with Crippen molar-refractivity contribution < 1.29 is 30.8 Å². The fraction of sp³-hybridized carbons (Fsp3) is 0.353. The van der Waals surface area contributed by atoms with Gasteiger partial charge in [-0.15, -0.1) is 11.3 Å². The molecule has 4 heterocycles. The van der Waals surface area contributed by atoms with Crippen molar-refractivity contribution in [2.24, 2.45) is 0 Å². The largest absolute Gasteiger partial charge is 0.335 e. The molecule has 3 aromatic heterocycles. The molecule has 0 spiro atoms. The molecule has 0 saturated carbocycles. The fourth-order valence-electron chi connectivity index (χ4n) is 3.22. The van der Waals surface area contributed by atoms with Gasteiger partial charge in [-0.2, -0.15) is 9.40 Å². The van der Waals surface area contributed by atoms with Gasteiger partial charge >= 0.3 is 0 Å². The Morgan fingerprint density at radius 2 is 1.77 bits per heavy atom. The zero-order valence-electron chi connectivity index (χ0n) is 15.7. The Morgan fingerprint density at radius 1 is 1.06 bits per heavy atom. The smallest absolute Gasteiger partial charge is 0.280 e. The predicted molar refractivity (Wildman–Crippen MR) is 102 cm³/mol. The van der Waals surface area contributed by atoms with Crippen LogP contribution in [0.1, 0.15) is 34.7 Å². The molecule has 0 radical (unpaired) electrons. The maximum absolute atomic E-state index is 13.3. The van der Waals surface area contributed by atoms with Gasteiger partial charge in [0.15, 0.2) is 11.3 Å². The summed E-state index contributed by atoms with van der Waals surface area (Å²) in [5.74, 6) is -0.627. The molecule has 0 aromatic carbocycles. The standard InChI is InChI=1S/C17H15F4N5O3S2/c18-15(19)10-8-12(16(20)21)26-13(22-10)9-11(23-26)17(27)24-3-5-25(6-4-24)31(28,29)14-2-1-7-30-14/h1-2,7-9,15-16H,3-6H2.